The maximum Gasteiger partial charge on any atom is 0.287 e. The van der Waals surface area contributed by atoms with E-state index in [2.05, 4.69) is 35.6 Å². The predicted molar refractivity (Wildman–Crippen MR) is 239 cm³/mol. The summed E-state index contributed by atoms with van der Waals surface area (Å²) < 4.78 is 13.1. The summed E-state index contributed by atoms with van der Waals surface area (Å²) in [6.07, 6.45) is 19.6. The Morgan fingerprint density at radius 2 is 1.25 bits per heavy atom. The Bertz CT molecular complexity index is 3020. The van der Waals surface area contributed by atoms with E-state index in [1.54, 1.807) is 61.6 Å². The van der Waals surface area contributed by atoms with Crippen molar-refractivity contribution in [2.75, 3.05) is 39.3 Å². The van der Waals surface area contributed by atoms with E-state index in [4.69, 9.17) is 8.83 Å². The first-order chi connectivity index (χ1) is 31.7. The summed E-state index contributed by atoms with van der Waals surface area (Å²) in [5.41, 5.74) is 4.21. The Kier molecular flexibility index (Phi) is 10.1. The Labute approximate surface area is 372 Å². The van der Waals surface area contributed by atoms with Gasteiger partial charge in [-0.05, 0) is 116 Å². The number of piperidine rings is 2. The lowest BCUT2D eigenvalue weighted by Crippen LogP contribution is -2.40. The summed E-state index contributed by atoms with van der Waals surface area (Å²) in [4.78, 5) is 76.0. The molecular formula is C49H46N10O6. The smallest absolute Gasteiger partial charge is 0.287 e. The molecule has 2 spiro atoms. The number of amides is 4. The zero-order valence-electron chi connectivity index (χ0n) is 35.6. The first-order valence-corrected chi connectivity index (χ1v) is 22.2. The lowest BCUT2D eigenvalue weighted by molar-refractivity contribution is 0.0657. The SMILES string of the molecule is O=C(NCC1CC12CCN(C(=O)c1ccnc3ncccc13)CC2)c1cc2ccncc2o1.O=C(NCC1CC12CCN(C(=O)c1cn3ccccc3n1)CC2)c1cc2ccncc2o1. The molecule has 2 aliphatic carbocycles. The van der Waals surface area contributed by atoms with Crippen LogP contribution in [0.15, 0.2) is 119 Å². The lowest BCUT2D eigenvalue weighted by Gasteiger charge is -2.33. The summed E-state index contributed by atoms with van der Waals surface area (Å²) in [5, 5.41) is 8.58. The number of rotatable bonds is 8. The number of carbonyl (C=O) groups excluding carboxylic acids is 4. The zero-order valence-corrected chi connectivity index (χ0v) is 35.6. The molecule has 65 heavy (non-hydrogen) atoms. The monoisotopic (exact) mass is 870 g/mol. The largest absolute Gasteiger partial charge is 0.449 e. The second-order valence-electron chi connectivity index (χ2n) is 17.9. The van der Waals surface area contributed by atoms with E-state index < -0.39 is 0 Å². The number of hydrogen-bond acceptors (Lipinski definition) is 11. The van der Waals surface area contributed by atoms with Gasteiger partial charge in [-0.3, -0.25) is 29.1 Å². The van der Waals surface area contributed by atoms with Gasteiger partial charge in [0.1, 0.15) is 11.3 Å². The standard InChI is InChI=1S/C25H23N5O3.C24H23N5O3/c31-23(20-12-16-3-8-26-15-21(16)33-20)29-14-17-13-25(17)5-10-30(11-6-25)24(32)19-4-9-28-22-18(19)2-1-7-27-22;30-22(19-11-16-4-7-25-14-20(16)32-19)26-13-17-12-24(17)5-9-28(10-6-24)23(31)18-15-29-8-2-1-3-21(29)27-18/h1-4,7-9,12,15,17H,5-6,10-11,13-14H2,(H,29,31);1-4,7-8,11,14-15,17H,5-6,9-10,12-13H2,(H,26,30). The third-order valence-corrected chi connectivity index (χ3v) is 14.3. The van der Waals surface area contributed by atoms with Crippen LogP contribution in [0.25, 0.3) is 38.6 Å². The van der Waals surface area contributed by atoms with Crippen LogP contribution in [0.1, 0.15) is 80.5 Å². The van der Waals surface area contributed by atoms with Gasteiger partial charge in [0.25, 0.3) is 23.6 Å². The summed E-state index contributed by atoms with van der Waals surface area (Å²) in [7, 11) is 0. The molecule has 2 saturated heterocycles. The van der Waals surface area contributed by atoms with Gasteiger partial charge in [-0.2, -0.15) is 0 Å². The van der Waals surface area contributed by atoms with Gasteiger partial charge < -0.3 is 33.7 Å². The molecule has 2 unspecified atom stereocenters. The van der Waals surface area contributed by atoms with Gasteiger partial charge in [-0.1, -0.05) is 6.07 Å². The number of pyridine rings is 5. The van der Waals surface area contributed by atoms with Gasteiger partial charge in [0, 0.05) is 92.6 Å². The molecule has 2 saturated carbocycles. The minimum atomic E-state index is -0.195. The van der Waals surface area contributed by atoms with Crippen molar-refractivity contribution < 1.29 is 28.0 Å². The molecule has 8 aromatic rings. The molecule has 4 aliphatic rings. The Morgan fingerprint density at radius 3 is 1.83 bits per heavy atom. The van der Waals surface area contributed by atoms with Crippen LogP contribution in [0.2, 0.25) is 0 Å². The third-order valence-electron chi connectivity index (χ3n) is 14.3. The molecule has 16 nitrogen and oxygen atoms in total. The second kappa shape index (κ2) is 16.3. The van der Waals surface area contributed by atoms with Crippen LogP contribution in [-0.4, -0.2) is 102 Å². The highest BCUT2D eigenvalue weighted by atomic mass is 16.4. The molecule has 2 aliphatic heterocycles. The van der Waals surface area contributed by atoms with Crippen LogP contribution in [0, 0.1) is 22.7 Å². The van der Waals surface area contributed by atoms with E-state index in [-0.39, 0.29) is 34.5 Å². The lowest BCUT2D eigenvalue weighted by atomic mass is 9.90. The summed E-state index contributed by atoms with van der Waals surface area (Å²) >= 11 is 0. The van der Waals surface area contributed by atoms with E-state index in [9.17, 15) is 19.2 Å². The molecule has 2 N–H and O–H groups in total. The summed E-state index contributed by atoms with van der Waals surface area (Å²) in [6.45, 7) is 4.17. The number of hydrogen-bond donors (Lipinski definition) is 2. The van der Waals surface area contributed by atoms with E-state index in [0.29, 0.717) is 64.5 Å². The van der Waals surface area contributed by atoms with Crippen molar-refractivity contribution in [1.82, 2.24) is 49.8 Å². The van der Waals surface area contributed by atoms with Crippen molar-refractivity contribution in [3.63, 3.8) is 0 Å². The number of nitrogens with one attached hydrogen (secondary N) is 2. The van der Waals surface area contributed by atoms with Crippen LogP contribution >= 0.6 is 0 Å². The van der Waals surface area contributed by atoms with Gasteiger partial charge in [0.15, 0.2) is 28.3 Å². The Hall–Kier alpha value is -7.49. The minimum Gasteiger partial charge on any atom is -0.449 e. The first kappa shape index (κ1) is 40.3. The number of fused-ring (bicyclic) bond motifs is 4. The van der Waals surface area contributed by atoms with Crippen LogP contribution in [0.3, 0.4) is 0 Å². The molecule has 0 bridgehead atoms. The van der Waals surface area contributed by atoms with Gasteiger partial charge in [0.05, 0.1) is 18.0 Å². The van der Waals surface area contributed by atoms with Gasteiger partial charge >= 0.3 is 0 Å². The van der Waals surface area contributed by atoms with Gasteiger partial charge in [-0.25, -0.2) is 15.0 Å². The summed E-state index contributed by atoms with van der Waals surface area (Å²) in [6, 6.07) is 18.4. The van der Waals surface area contributed by atoms with Gasteiger partial charge in [-0.15, -0.1) is 0 Å². The quantitative estimate of drug-likeness (QED) is 0.167. The fourth-order valence-corrected chi connectivity index (χ4v) is 10.1. The predicted octanol–water partition coefficient (Wildman–Crippen LogP) is 6.59. The first-order valence-electron chi connectivity index (χ1n) is 22.2. The Morgan fingerprint density at radius 1 is 0.662 bits per heavy atom. The van der Waals surface area contributed by atoms with Crippen molar-refractivity contribution in [3.8, 4) is 0 Å². The van der Waals surface area contributed by atoms with Gasteiger partial charge in [0.2, 0.25) is 0 Å². The molecule has 328 valence electrons. The fourth-order valence-electron chi connectivity index (χ4n) is 10.1. The highest BCUT2D eigenvalue weighted by Crippen LogP contribution is 2.60. The van der Waals surface area contributed by atoms with Crippen molar-refractivity contribution >= 4 is 62.2 Å². The molecule has 16 heteroatoms. The fraction of sp³-hybridized carbons (Fsp3) is 0.327. The molecule has 12 rings (SSSR count). The molecule has 10 heterocycles. The van der Waals surface area contributed by atoms with Crippen LogP contribution in [0.4, 0.5) is 0 Å². The number of likely N-dealkylation sites (tertiary alicyclic amines) is 2. The average Bonchev–Trinajstić information content (AvgIpc) is 3.86. The zero-order chi connectivity index (χ0) is 44.1. The van der Waals surface area contributed by atoms with Crippen molar-refractivity contribution in [1.29, 1.82) is 0 Å². The molecule has 0 aromatic carbocycles. The van der Waals surface area contributed by atoms with E-state index in [1.807, 2.05) is 62.9 Å². The van der Waals surface area contributed by atoms with E-state index >= 15 is 0 Å². The highest BCUT2D eigenvalue weighted by molar-refractivity contribution is 6.05. The molecule has 2 atom stereocenters. The Balaban J connectivity index is 0.000000144. The maximum absolute atomic E-state index is 13.2. The molecule has 4 fully saturated rings. The average molecular weight is 871 g/mol. The third kappa shape index (κ3) is 7.82. The second-order valence-corrected chi connectivity index (χ2v) is 17.9. The van der Waals surface area contributed by atoms with E-state index in [1.165, 1.54) is 0 Å². The van der Waals surface area contributed by atoms with Crippen molar-refractivity contribution in [2.24, 2.45) is 22.7 Å². The van der Waals surface area contributed by atoms with Crippen LogP contribution in [-0.2, 0) is 0 Å². The highest BCUT2D eigenvalue weighted by Gasteiger charge is 2.56. The number of imidazole rings is 1. The number of furan rings is 2. The number of nitrogens with zero attached hydrogens (tertiary/aromatic N) is 8. The molecular weight excluding hydrogens is 825 g/mol. The van der Waals surface area contributed by atoms with E-state index in [0.717, 1.165) is 86.5 Å². The number of aromatic nitrogens is 6. The molecule has 0 radical (unpaired) electrons. The van der Waals surface area contributed by atoms with Crippen molar-refractivity contribution in [2.45, 2.75) is 38.5 Å². The minimum absolute atomic E-state index is 0.00609. The van der Waals surface area contributed by atoms with Crippen molar-refractivity contribution in [3.05, 3.63) is 133 Å². The topological polar surface area (TPSA) is 194 Å². The normalized spacial score (nSPS) is 19.3. The molecule has 4 amide bonds. The maximum atomic E-state index is 13.2. The van der Waals surface area contributed by atoms with Crippen LogP contribution < -0.4 is 10.6 Å². The number of carbonyl (C=O) groups is 4. The molecule has 8 aromatic heterocycles. The van der Waals surface area contributed by atoms with Crippen LogP contribution in [0.5, 0.6) is 0 Å². The summed E-state index contributed by atoms with van der Waals surface area (Å²) in [5.74, 6) is 1.16.